The predicted molar refractivity (Wildman–Crippen MR) is 68.7 cm³/mol. The highest BCUT2D eigenvalue weighted by molar-refractivity contribution is 5.80. The van der Waals surface area contributed by atoms with Gasteiger partial charge in [-0.15, -0.1) is 0 Å². The fourth-order valence-corrected chi connectivity index (χ4v) is 2.54. The van der Waals surface area contributed by atoms with Gasteiger partial charge in [-0.2, -0.15) is 0 Å². The fraction of sp³-hybridized carbons (Fsp3) is 0.429. The lowest BCUT2D eigenvalue weighted by Gasteiger charge is -2.17. The van der Waals surface area contributed by atoms with Crippen LogP contribution in [0.4, 0.5) is 0 Å². The minimum absolute atomic E-state index is 0.120. The summed E-state index contributed by atoms with van der Waals surface area (Å²) in [4.78, 5) is 22.9. The molecule has 0 aromatic heterocycles. The standard InChI is InChI=1S/C14H17NO4/c16-10-4-1-3-9(7-10)8-13(17)15-12-6-2-5-11(12)14(18)19/h1,3-4,7,11-12,16H,2,5-6,8H2,(H,15,17)(H,18,19). The van der Waals surface area contributed by atoms with Crippen molar-refractivity contribution in [2.45, 2.75) is 31.7 Å². The molecule has 1 saturated carbocycles. The molecule has 2 atom stereocenters. The zero-order chi connectivity index (χ0) is 13.8. The zero-order valence-electron chi connectivity index (χ0n) is 10.5. The number of phenols is 1. The Morgan fingerprint density at radius 3 is 2.79 bits per heavy atom. The number of hydrogen-bond acceptors (Lipinski definition) is 3. The first-order chi connectivity index (χ1) is 9.06. The summed E-state index contributed by atoms with van der Waals surface area (Å²) in [6.45, 7) is 0. The van der Waals surface area contributed by atoms with Gasteiger partial charge in [0.05, 0.1) is 12.3 Å². The lowest BCUT2D eigenvalue weighted by atomic mass is 10.0. The number of amides is 1. The molecule has 0 heterocycles. The number of nitrogens with one attached hydrogen (secondary N) is 1. The average Bonchev–Trinajstić information content (AvgIpc) is 2.76. The highest BCUT2D eigenvalue weighted by atomic mass is 16.4. The minimum atomic E-state index is -0.847. The van der Waals surface area contributed by atoms with E-state index in [-0.39, 0.29) is 24.1 Å². The Morgan fingerprint density at radius 2 is 2.11 bits per heavy atom. The molecule has 5 nitrogen and oxygen atoms in total. The van der Waals surface area contributed by atoms with Crippen LogP contribution in [0.3, 0.4) is 0 Å². The van der Waals surface area contributed by atoms with Gasteiger partial charge >= 0.3 is 5.97 Å². The summed E-state index contributed by atoms with van der Waals surface area (Å²) in [7, 11) is 0. The van der Waals surface area contributed by atoms with Crippen LogP contribution < -0.4 is 5.32 Å². The number of aliphatic carboxylic acids is 1. The molecule has 3 N–H and O–H groups in total. The van der Waals surface area contributed by atoms with Crippen LogP contribution in [0.1, 0.15) is 24.8 Å². The predicted octanol–water partition coefficient (Wildman–Crippen LogP) is 1.30. The lowest BCUT2D eigenvalue weighted by molar-refractivity contribution is -0.142. The Morgan fingerprint density at radius 1 is 1.32 bits per heavy atom. The van der Waals surface area contributed by atoms with Gasteiger partial charge < -0.3 is 15.5 Å². The van der Waals surface area contributed by atoms with Gasteiger partial charge in [-0.05, 0) is 30.5 Å². The smallest absolute Gasteiger partial charge is 0.308 e. The number of rotatable bonds is 4. The van der Waals surface area contributed by atoms with E-state index in [9.17, 15) is 14.7 Å². The van der Waals surface area contributed by atoms with Crippen LogP contribution in [0.25, 0.3) is 0 Å². The van der Waals surface area contributed by atoms with Gasteiger partial charge in [-0.3, -0.25) is 9.59 Å². The third-order valence-corrected chi connectivity index (χ3v) is 3.45. The summed E-state index contributed by atoms with van der Waals surface area (Å²) in [5, 5.41) is 21.1. The SMILES string of the molecule is O=C(Cc1cccc(O)c1)NC1CCCC1C(=O)O. The third-order valence-electron chi connectivity index (χ3n) is 3.45. The molecule has 1 aromatic rings. The minimum Gasteiger partial charge on any atom is -0.508 e. The highest BCUT2D eigenvalue weighted by Crippen LogP contribution is 2.25. The quantitative estimate of drug-likeness (QED) is 0.764. The second-order valence-electron chi connectivity index (χ2n) is 4.90. The van der Waals surface area contributed by atoms with Crippen LogP contribution in [0.5, 0.6) is 5.75 Å². The molecule has 5 heteroatoms. The van der Waals surface area contributed by atoms with Crippen LogP contribution in [0, 0.1) is 5.92 Å². The van der Waals surface area contributed by atoms with E-state index < -0.39 is 11.9 Å². The van der Waals surface area contributed by atoms with Crippen molar-refractivity contribution < 1.29 is 19.8 Å². The molecular weight excluding hydrogens is 246 g/mol. The molecule has 0 aliphatic heterocycles. The van der Waals surface area contributed by atoms with Gasteiger partial charge in [0.2, 0.25) is 5.91 Å². The van der Waals surface area contributed by atoms with Crippen molar-refractivity contribution in [1.29, 1.82) is 0 Å². The fourth-order valence-electron chi connectivity index (χ4n) is 2.54. The van der Waals surface area contributed by atoms with Crippen molar-refractivity contribution in [3.05, 3.63) is 29.8 Å². The summed E-state index contributed by atoms with van der Waals surface area (Å²) in [5.41, 5.74) is 0.711. The van der Waals surface area contributed by atoms with E-state index in [1.165, 1.54) is 6.07 Å². The maximum Gasteiger partial charge on any atom is 0.308 e. The summed E-state index contributed by atoms with van der Waals surface area (Å²) >= 11 is 0. The maximum absolute atomic E-state index is 11.9. The summed E-state index contributed by atoms with van der Waals surface area (Å²) in [6.07, 6.45) is 2.31. The number of carbonyl (C=O) groups excluding carboxylic acids is 1. The first-order valence-corrected chi connectivity index (χ1v) is 6.36. The molecule has 0 bridgehead atoms. The van der Waals surface area contributed by atoms with Gasteiger partial charge in [-0.25, -0.2) is 0 Å². The Labute approximate surface area is 111 Å². The highest BCUT2D eigenvalue weighted by Gasteiger charge is 2.33. The summed E-state index contributed by atoms with van der Waals surface area (Å²) in [6, 6.07) is 6.22. The topological polar surface area (TPSA) is 86.6 Å². The molecule has 1 amide bonds. The van der Waals surface area contributed by atoms with E-state index in [2.05, 4.69) is 5.32 Å². The number of carboxylic acids is 1. The molecular formula is C14H17NO4. The Bertz CT molecular complexity index is 486. The third kappa shape index (κ3) is 3.47. The molecule has 1 fully saturated rings. The van der Waals surface area contributed by atoms with Crippen molar-refractivity contribution in [2.24, 2.45) is 5.92 Å². The zero-order valence-corrected chi connectivity index (χ0v) is 10.5. The maximum atomic E-state index is 11.9. The lowest BCUT2D eigenvalue weighted by Crippen LogP contribution is -2.40. The van der Waals surface area contributed by atoms with Gasteiger partial charge in [0.15, 0.2) is 0 Å². The molecule has 19 heavy (non-hydrogen) atoms. The largest absolute Gasteiger partial charge is 0.508 e. The van der Waals surface area contributed by atoms with Crippen molar-refractivity contribution in [2.75, 3.05) is 0 Å². The normalized spacial score (nSPS) is 22.1. The molecule has 2 rings (SSSR count). The van der Waals surface area contributed by atoms with Gasteiger partial charge in [0.25, 0.3) is 0 Å². The van der Waals surface area contributed by atoms with Crippen molar-refractivity contribution in [3.8, 4) is 5.75 Å². The first-order valence-electron chi connectivity index (χ1n) is 6.36. The number of hydrogen-bond donors (Lipinski definition) is 3. The number of carboxylic acid groups (broad SMARTS) is 1. The van der Waals surface area contributed by atoms with Crippen molar-refractivity contribution >= 4 is 11.9 Å². The van der Waals surface area contributed by atoms with Gasteiger partial charge in [0.1, 0.15) is 5.75 Å². The molecule has 1 aliphatic rings. The number of carbonyl (C=O) groups is 2. The second-order valence-corrected chi connectivity index (χ2v) is 4.90. The van der Waals surface area contributed by atoms with Crippen LogP contribution in [-0.2, 0) is 16.0 Å². The van der Waals surface area contributed by atoms with Crippen molar-refractivity contribution in [3.63, 3.8) is 0 Å². The number of aromatic hydroxyl groups is 1. The van der Waals surface area contributed by atoms with Crippen LogP contribution in [0.2, 0.25) is 0 Å². The van der Waals surface area contributed by atoms with Crippen LogP contribution in [0.15, 0.2) is 24.3 Å². The monoisotopic (exact) mass is 263 g/mol. The van der Waals surface area contributed by atoms with E-state index in [0.717, 1.165) is 6.42 Å². The Kier molecular flexibility index (Phi) is 4.04. The van der Waals surface area contributed by atoms with Crippen LogP contribution >= 0.6 is 0 Å². The first kappa shape index (κ1) is 13.4. The second kappa shape index (κ2) is 5.73. The van der Waals surface area contributed by atoms with E-state index in [1.54, 1.807) is 18.2 Å². The average molecular weight is 263 g/mol. The molecule has 0 saturated heterocycles. The molecule has 1 aliphatic carbocycles. The molecule has 1 aromatic carbocycles. The molecule has 0 spiro atoms. The number of benzene rings is 1. The molecule has 2 unspecified atom stereocenters. The molecule has 0 radical (unpaired) electrons. The van der Waals surface area contributed by atoms with E-state index >= 15 is 0 Å². The Balaban J connectivity index is 1.92. The summed E-state index contributed by atoms with van der Waals surface area (Å²) < 4.78 is 0. The summed E-state index contributed by atoms with van der Waals surface area (Å²) in [5.74, 6) is -1.41. The molecule has 102 valence electrons. The van der Waals surface area contributed by atoms with E-state index in [1.807, 2.05) is 0 Å². The van der Waals surface area contributed by atoms with Crippen LogP contribution in [-0.4, -0.2) is 28.1 Å². The van der Waals surface area contributed by atoms with E-state index in [4.69, 9.17) is 5.11 Å². The van der Waals surface area contributed by atoms with Gasteiger partial charge in [-0.1, -0.05) is 18.6 Å². The van der Waals surface area contributed by atoms with E-state index in [0.29, 0.717) is 18.4 Å². The number of phenolic OH excluding ortho intramolecular Hbond substituents is 1. The Hall–Kier alpha value is -2.04. The van der Waals surface area contributed by atoms with Crippen molar-refractivity contribution in [1.82, 2.24) is 5.32 Å². The van der Waals surface area contributed by atoms with Gasteiger partial charge in [0, 0.05) is 6.04 Å².